The molecule has 182 valence electrons. The van der Waals surface area contributed by atoms with E-state index in [1.54, 1.807) is 0 Å². The Morgan fingerprint density at radius 1 is 1.00 bits per heavy atom. The number of fused-ring (bicyclic) bond motifs is 1. The Hall–Kier alpha value is -3.38. The maximum atomic E-state index is 13.4. The van der Waals surface area contributed by atoms with Crippen LogP contribution in [0.4, 0.5) is 0 Å². The molecule has 0 saturated carbocycles. The second-order valence-corrected chi connectivity index (χ2v) is 8.15. The van der Waals surface area contributed by atoms with Crippen molar-refractivity contribution in [2.24, 2.45) is 0 Å². The number of ketones is 1. The van der Waals surface area contributed by atoms with Gasteiger partial charge in [-0.2, -0.15) is 0 Å². The van der Waals surface area contributed by atoms with E-state index in [1.165, 1.54) is 31.2 Å². The number of carbonyl (C=O) groups excluding carboxylic acids is 2. The van der Waals surface area contributed by atoms with E-state index in [-0.39, 0.29) is 22.8 Å². The van der Waals surface area contributed by atoms with Crippen LogP contribution in [0.1, 0.15) is 35.9 Å². The molecule has 11 nitrogen and oxygen atoms in total. The average Bonchev–Trinajstić information content (AvgIpc) is 2.76. The number of esters is 1. The third-order valence-corrected chi connectivity index (χ3v) is 5.69. The van der Waals surface area contributed by atoms with Gasteiger partial charge in [0.15, 0.2) is 24.6 Å². The van der Waals surface area contributed by atoms with Gasteiger partial charge in [0, 0.05) is 19.1 Å². The molecule has 34 heavy (non-hydrogen) atoms. The van der Waals surface area contributed by atoms with Gasteiger partial charge < -0.3 is 44.5 Å². The number of phenols is 3. The molecule has 0 radical (unpaired) electrons. The fraction of sp³-hybridized carbons (Fsp3) is 0.391. The number of phenolic OH excluding ortho intramolecular Hbond substituents is 3. The highest BCUT2D eigenvalue weighted by atomic mass is 16.7. The molecular formula is C23H24O11. The lowest BCUT2D eigenvalue weighted by Gasteiger charge is -2.43. The molecule has 2 aliphatic heterocycles. The van der Waals surface area contributed by atoms with Crippen molar-refractivity contribution in [1.82, 2.24) is 0 Å². The Labute approximate surface area is 193 Å². The number of benzene rings is 2. The lowest BCUT2D eigenvalue weighted by molar-refractivity contribution is -0.306. The fourth-order valence-electron chi connectivity index (χ4n) is 4.03. The van der Waals surface area contributed by atoms with Crippen molar-refractivity contribution in [2.45, 2.75) is 56.8 Å². The van der Waals surface area contributed by atoms with Gasteiger partial charge in [-0.1, -0.05) is 12.1 Å². The largest absolute Gasteiger partial charge is 0.508 e. The molecule has 0 bridgehead atoms. The van der Waals surface area contributed by atoms with Crippen molar-refractivity contribution < 1.29 is 54.1 Å². The zero-order valence-corrected chi connectivity index (χ0v) is 18.2. The first-order valence-corrected chi connectivity index (χ1v) is 10.5. The summed E-state index contributed by atoms with van der Waals surface area (Å²) >= 11 is 0. The number of ether oxygens (including phenoxy) is 4. The first kappa shape index (κ1) is 23.8. The molecule has 1 fully saturated rings. The van der Waals surface area contributed by atoms with Crippen molar-refractivity contribution in [3.63, 3.8) is 0 Å². The second-order valence-electron chi connectivity index (χ2n) is 8.15. The summed E-state index contributed by atoms with van der Waals surface area (Å²) in [5, 5.41) is 50.7. The van der Waals surface area contributed by atoms with Crippen LogP contribution in [0.3, 0.4) is 0 Å². The summed E-state index contributed by atoms with van der Waals surface area (Å²) < 4.78 is 22.3. The Balaban J connectivity index is 1.71. The predicted molar refractivity (Wildman–Crippen MR) is 112 cm³/mol. The summed E-state index contributed by atoms with van der Waals surface area (Å²) in [6.07, 6.45) is -9.42. The monoisotopic (exact) mass is 476 g/mol. The van der Waals surface area contributed by atoms with Crippen LogP contribution in [0.5, 0.6) is 23.0 Å². The SMILES string of the molecule is CC(=O)OC1C(O)C(C)OC(OC2C(=O)c3c(O)cc(O)cc3OC2c2ccc(O)cc2)C1O. The molecule has 7 unspecified atom stereocenters. The molecule has 2 aromatic carbocycles. The number of rotatable bonds is 4. The van der Waals surface area contributed by atoms with Crippen molar-refractivity contribution in [1.29, 1.82) is 0 Å². The molecule has 2 aliphatic rings. The van der Waals surface area contributed by atoms with Gasteiger partial charge >= 0.3 is 5.97 Å². The number of hydrogen-bond donors (Lipinski definition) is 5. The third-order valence-electron chi connectivity index (χ3n) is 5.69. The quantitative estimate of drug-likeness (QED) is 0.397. The van der Waals surface area contributed by atoms with Gasteiger partial charge in [0.25, 0.3) is 0 Å². The highest BCUT2D eigenvalue weighted by Crippen LogP contribution is 2.43. The van der Waals surface area contributed by atoms with Gasteiger partial charge in [-0.05, 0) is 24.6 Å². The Morgan fingerprint density at radius 2 is 1.68 bits per heavy atom. The first-order valence-electron chi connectivity index (χ1n) is 10.5. The van der Waals surface area contributed by atoms with Crippen LogP contribution in [0.2, 0.25) is 0 Å². The normalized spacial score (nSPS) is 30.8. The fourth-order valence-corrected chi connectivity index (χ4v) is 4.03. The van der Waals surface area contributed by atoms with Crippen molar-refractivity contribution in [3.8, 4) is 23.0 Å². The van der Waals surface area contributed by atoms with Crippen LogP contribution < -0.4 is 4.74 Å². The molecular weight excluding hydrogens is 452 g/mol. The minimum atomic E-state index is -1.65. The maximum Gasteiger partial charge on any atom is 0.303 e. The molecule has 0 aliphatic carbocycles. The summed E-state index contributed by atoms with van der Waals surface area (Å²) in [6.45, 7) is 2.59. The zero-order chi connectivity index (χ0) is 24.7. The van der Waals surface area contributed by atoms with E-state index < -0.39 is 60.4 Å². The molecule has 2 aromatic rings. The highest BCUT2D eigenvalue weighted by Gasteiger charge is 2.49. The molecule has 4 rings (SSSR count). The minimum Gasteiger partial charge on any atom is -0.508 e. The lowest BCUT2D eigenvalue weighted by Crippen LogP contribution is -2.60. The Morgan fingerprint density at radius 3 is 2.32 bits per heavy atom. The summed E-state index contributed by atoms with van der Waals surface area (Å²) in [5.41, 5.74) is 0.160. The van der Waals surface area contributed by atoms with E-state index in [1.807, 2.05) is 0 Å². The Kier molecular flexibility index (Phi) is 6.36. The first-order chi connectivity index (χ1) is 16.1. The number of hydrogen-bond acceptors (Lipinski definition) is 11. The molecule has 11 heteroatoms. The zero-order valence-electron chi connectivity index (χ0n) is 18.2. The number of carbonyl (C=O) groups is 2. The van der Waals surface area contributed by atoms with Gasteiger partial charge in [-0.25, -0.2) is 0 Å². The van der Waals surface area contributed by atoms with E-state index in [4.69, 9.17) is 18.9 Å². The molecule has 1 saturated heterocycles. The predicted octanol–water partition coefficient (Wildman–Crippen LogP) is 0.903. The molecule has 5 N–H and O–H groups in total. The van der Waals surface area contributed by atoms with E-state index >= 15 is 0 Å². The number of aromatic hydroxyl groups is 3. The third kappa shape index (κ3) is 4.38. The molecule has 0 amide bonds. The molecule has 2 heterocycles. The summed E-state index contributed by atoms with van der Waals surface area (Å²) in [6, 6.07) is 7.86. The average molecular weight is 476 g/mol. The van der Waals surface area contributed by atoms with Crippen molar-refractivity contribution in [3.05, 3.63) is 47.5 Å². The van der Waals surface area contributed by atoms with E-state index in [0.29, 0.717) is 5.56 Å². The van der Waals surface area contributed by atoms with Crippen LogP contribution in [0, 0.1) is 0 Å². The number of aliphatic hydroxyl groups is 2. The topological polar surface area (TPSA) is 172 Å². The summed E-state index contributed by atoms with van der Waals surface area (Å²) in [7, 11) is 0. The number of aliphatic hydroxyl groups excluding tert-OH is 2. The van der Waals surface area contributed by atoms with E-state index in [0.717, 1.165) is 19.1 Å². The standard InChI is InChI=1S/C23H24O11/c1-9-17(28)21(32-10(2)24)19(30)23(31-9)34-22-18(29)16-14(27)7-13(26)8-15(16)33-20(22)11-3-5-12(25)6-4-11/h3-9,17,19-23,25-28,30H,1-2H3. The van der Waals surface area contributed by atoms with Crippen LogP contribution in [-0.4, -0.2) is 74.1 Å². The number of Topliss-reactive ketones (excluding diaryl/α,β-unsaturated/α-hetero) is 1. The minimum absolute atomic E-state index is 0.0304. The van der Waals surface area contributed by atoms with Gasteiger partial charge in [-0.15, -0.1) is 0 Å². The van der Waals surface area contributed by atoms with Crippen LogP contribution in [0.25, 0.3) is 0 Å². The smallest absolute Gasteiger partial charge is 0.303 e. The van der Waals surface area contributed by atoms with E-state index in [2.05, 4.69) is 0 Å². The van der Waals surface area contributed by atoms with Crippen molar-refractivity contribution >= 4 is 11.8 Å². The lowest BCUT2D eigenvalue weighted by atomic mass is 9.92. The molecule has 7 atom stereocenters. The second kappa shape index (κ2) is 9.11. The summed E-state index contributed by atoms with van der Waals surface area (Å²) in [4.78, 5) is 24.9. The summed E-state index contributed by atoms with van der Waals surface area (Å²) in [5.74, 6) is -2.45. The maximum absolute atomic E-state index is 13.4. The highest BCUT2D eigenvalue weighted by molar-refractivity contribution is 6.05. The molecule has 0 spiro atoms. The van der Waals surface area contributed by atoms with E-state index in [9.17, 15) is 35.1 Å². The van der Waals surface area contributed by atoms with Gasteiger partial charge in [0.2, 0.25) is 5.78 Å². The van der Waals surface area contributed by atoms with Crippen LogP contribution in [0.15, 0.2) is 36.4 Å². The van der Waals surface area contributed by atoms with Crippen LogP contribution in [-0.2, 0) is 19.0 Å². The van der Waals surface area contributed by atoms with Crippen LogP contribution >= 0.6 is 0 Å². The molecule has 0 aromatic heterocycles. The van der Waals surface area contributed by atoms with Gasteiger partial charge in [0.05, 0.1) is 6.10 Å². The Bertz CT molecular complexity index is 1080. The van der Waals surface area contributed by atoms with Crippen molar-refractivity contribution in [2.75, 3.05) is 0 Å². The van der Waals surface area contributed by atoms with Gasteiger partial charge in [0.1, 0.15) is 40.8 Å². The van der Waals surface area contributed by atoms with Gasteiger partial charge in [-0.3, -0.25) is 9.59 Å².